The lowest BCUT2D eigenvalue weighted by Gasteiger charge is -2.22. The molecule has 33 heavy (non-hydrogen) atoms. The lowest BCUT2D eigenvalue weighted by molar-refractivity contribution is -0.121. The Balaban J connectivity index is 1.38. The standard InChI is InChI=1S/C26H34N4O3/c1-19(21-12-8-15-23(18-21)29-25(32)20-10-4-2-5-11-20)28-24(31)16-9-17-27-26(33)30-22-13-6-3-7-14-22/h2,4-5,8,10-12,15,18-19,22H,3,6-7,9,13-14,16-17H2,1H3,(H,28,31)(H,29,32)(H2,27,30,33). The van der Waals surface area contributed by atoms with E-state index < -0.39 is 0 Å². The number of hydrogen-bond acceptors (Lipinski definition) is 3. The van der Waals surface area contributed by atoms with Crippen LogP contribution in [0.4, 0.5) is 10.5 Å². The molecule has 0 spiro atoms. The minimum Gasteiger partial charge on any atom is -0.350 e. The molecule has 0 bridgehead atoms. The van der Waals surface area contributed by atoms with Crippen LogP contribution < -0.4 is 21.3 Å². The van der Waals surface area contributed by atoms with Gasteiger partial charge < -0.3 is 21.3 Å². The molecule has 1 saturated carbocycles. The predicted octanol–water partition coefficient (Wildman–Crippen LogP) is 4.53. The van der Waals surface area contributed by atoms with Crippen molar-refractivity contribution in [3.05, 3.63) is 65.7 Å². The summed E-state index contributed by atoms with van der Waals surface area (Å²) in [4.78, 5) is 36.7. The zero-order chi connectivity index (χ0) is 23.5. The third-order valence-electron chi connectivity index (χ3n) is 5.86. The summed E-state index contributed by atoms with van der Waals surface area (Å²) in [5.41, 5.74) is 2.17. The summed E-state index contributed by atoms with van der Waals surface area (Å²) in [5.74, 6) is -0.250. The first kappa shape index (κ1) is 24.3. The molecule has 2 aromatic rings. The summed E-state index contributed by atoms with van der Waals surface area (Å²) in [6, 6.07) is 16.4. The molecule has 4 amide bonds. The Kier molecular flexibility index (Phi) is 9.30. The van der Waals surface area contributed by atoms with Crippen LogP contribution in [0.25, 0.3) is 0 Å². The van der Waals surface area contributed by atoms with Gasteiger partial charge in [0.25, 0.3) is 5.91 Å². The van der Waals surface area contributed by atoms with Gasteiger partial charge in [0.1, 0.15) is 0 Å². The van der Waals surface area contributed by atoms with Gasteiger partial charge >= 0.3 is 6.03 Å². The topological polar surface area (TPSA) is 99.3 Å². The van der Waals surface area contributed by atoms with Crippen LogP contribution in [0, 0.1) is 0 Å². The summed E-state index contributed by atoms with van der Waals surface area (Å²) >= 11 is 0. The molecule has 0 heterocycles. The van der Waals surface area contributed by atoms with E-state index in [0.29, 0.717) is 30.6 Å². The molecule has 1 aliphatic carbocycles. The molecule has 7 nitrogen and oxygen atoms in total. The number of rotatable bonds is 9. The minimum atomic E-state index is -0.200. The second-order valence-corrected chi connectivity index (χ2v) is 8.57. The number of carbonyl (C=O) groups excluding carboxylic acids is 3. The SMILES string of the molecule is CC(NC(=O)CCCNC(=O)NC1CCCCC1)c1cccc(NC(=O)c2ccccc2)c1. The van der Waals surface area contributed by atoms with E-state index in [1.165, 1.54) is 19.3 Å². The number of benzene rings is 2. The van der Waals surface area contributed by atoms with Gasteiger partial charge in [0.15, 0.2) is 0 Å². The molecule has 1 fully saturated rings. The second kappa shape index (κ2) is 12.6. The Morgan fingerprint density at radius 1 is 0.970 bits per heavy atom. The quantitative estimate of drug-likeness (QED) is 0.423. The molecule has 176 valence electrons. The van der Waals surface area contributed by atoms with Crippen molar-refractivity contribution in [1.29, 1.82) is 0 Å². The highest BCUT2D eigenvalue weighted by molar-refractivity contribution is 6.04. The lowest BCUT2D eigenvalue weighted by Crippen LogP contribution is -2.43. The summed E-state index contributed by atoms with van der Waals surface area (Å²) in [6.45, 7) is 2.37. The van der Waals surface area contributed by atoms with Crippen LogP contribution in [0.5, 0.6) is 0 Å². The molecule has 2 aromatic carbocycles. The van der Waals surface area contributed by atoms with Crippen LogP contribution in [0.3, 0.4) is 0 Å². The molecule has 1 aliphatic rings. The Bertz CT molecular complexity index is 926. The van der Waals surface area contributed by atoms with Crippen molar-refractivity contribution in [2.24, 2.45) is 0 Å². The van der Waals surface area contributed by atoms with Crippen molar-refractivity contribution in [2.45, 2.75) is 64.0 Å². The van der Waals surface area contributed by atoms with Crippen molar-refractivity contribution in [3.63, 3.8) is 0 Å². The number of urea groups is 1. The molecule has 0 aromatic heterocycles. The predicted molar refractivity (Wildman–Crippen MR) is 130 cm³/mol. The fourth-order valence-corrected chi connectivity index (χ4v) is 4.01. The van der Waals surface area contributed by atoms with Crippen LogP contribution in [0.2, 0.25) is 0 Å². The Labute approximate surface area is 195 Å². The molecule has 4 N–H and O–H groups in total. The largest absolute Gasteiger partial charge is 0.350 e. The van der Waals surface area contributed by atoms with Gasteiger partial charge in [-0.3, -0.25) is 9.59 Å². The fourth-order valence-electron chi connectivity index (χ4n) is 4.01. The van der Waals surface area contributed by atoms with E-state index in [0.717, 1.165) is 18.4 Å². The van der Waals surface area contributed by atoms with Crippen molar-refractivity contribution in [2.75, 3.05) is 11.9 Å². The molecule has 0 radical (unpaired) electrons. The molecule has 1 unspecified atom stereocenters. The van der Waals surface area contributed by atoms with E-state index in [9.17, 15) is 14.4 Å². The van der Waals surface area contributed by atoms with E-state index in [1.807, 2.05) is 49.4 Å². The highest BCUT2D eigenvalue weighted by Crippen LogP contribution is 2.19. The molecule has 0 aliphatic heterocycles. The molecule has 3 rings (SSSR count). The van der Waals surface area contributed by atoms with Crippen molar-refractivity contribution < 1.29 is 14.4 Å². The zero-order valence-corrected chi connectivity index (χ0v) is 19.2. The van der Waals surface area contributed by atoms with Crippen molar-refractivity contribution in [3.8, 4) is 0 Å². The third kappa shape index (κ3) is 8.25. The Morgan fingerprint density at radius 2 is 1.73 bits per heavy atom. The molecule has 1 atom stereocenters. The second-order valence-electron chi connectivity index (χ2n) is 8.57. The van der Waals surface area contributed by atoms with Crippen molar-refractivity contribution >= 4 is 23.5 Å². The Morgan fingerprint density at radius 3 is 2.48 bits per heavy atom. The molecule has 0 saturated heterocycles. The Hall–Kier alpha value is -3.35. The molecular formula is C26H34N4O3. The van der Waals surface area contributed by atoms with Gasteiger partial charge in [-0.1, -0.05) is 49.6 Å². The summed E-state index contributed by atoms with van der Waals surface area (Å²) < 4.78 is 0. The number of anilines is 1. The first-order chi connectivity index (χ1) is 16.0. The average molecular weight is 451 g/mol. The van der Waals surface area contributed by atoms with Crippen LogP contribution in [-0.2, 0) is 4.79 Å². The monoisotopic (exact) mass is 450 g/mol. The van der Waals surface area contributed by atoms with E-state index >= 15 is 0 Å². The van der Waals surface area contributed by atoms with Gasteiger partial charge in [0.2, 0.25) is 5.91 Å². The fraction of sp³-hybridized carbons (Fsp3) is 0.423. The molecular weight excluding hydrogens is 416 g/mol. The van der Waals surface area contributed by atoms with Crippen LogP contribution in [0.15, 0.2) is 54.6 Å². The van der Waals surface area contributed by atoms with Crippen LogP contribution >= 0.6 is 0 Å². The van der Waals surface area contributed by atoms with Crippen LogP contribution in [-0.4, -0.2) is 30.4 Å². The maximum atomic E-state index is 12.4. The summed E-state index contributed by atoms with van der Waals surface area (Å²) in [7, 11) is 0. The zero-order valence-electron chi connectivity index (χ0n) is 19.2. The van der Waals surface area contributed by atoms with Crippen molar-refractivity contribution in [1.82, 2.24) is 16.0 Å². The van der Waals surface area contributed by atoms with Crippen LogP contribution in [0.1, 0.15) is 73.8 Å². The third-order valence-corrected chi connectivity index (χ3v) is 5.86. The van der Waals surface area contributed by atoms with E-state index in [1.54, 1.807) is 12.1 Å². The number of carbonyl (C=O) groups is 3. The van der Waals surface area contributed by atoms with Gasteiger partial charge in [-0.15, -0.1) is 0 Å². The lowest BCUT2D eigenvalue weighted by atomic mass is 9.96. The normalized spacial score (nSPS) is 14.7. The highest BCUT2D eigenvalue weighted by Gasteiger charge is 2.15. The average Bonchev–Trinajstić information content (AvgIpc) is 2.83. The van der Waals surface area contributed by atoms with Gasteiger partial charge in [-0.25, -0.2) is 4.79 Å². The van der Waals surface area contributed by atoms with E-state index in [2.05, 4.69) is 21.3 Å². The van der Waals surface area contributed by atoms with Gasteiger partial charge in [-0.05, 0) is 56.0 Å². The highest BCUT2D eigenvalue weighted by atomic mass is 16.2. The summed E-state index contributed by atoms with van der Waals surface area (Å²) in [5, 5.41) is 11.7. The van der Waals surface area contributed by atoms with Gasteiger partial charge in [0.05, 0.1) is 6.04 Å². The first-order valence-electron chi connectivity index (χ1n) is 11.8. The summed E-state index contributed by atoms with van der Waals surface area (Å²) in [6.07, 6.45) is 6.59. The number of amides is 4. The van der Waals surface area contributed by atoms with Gasteiger partial charge in [0, 0.05) is 30.3 Å². The maximum absolute atomic E-state index is 12.4. The molecule has 7 heteroatoms. The smallest absolute Gasteiger partial charge is 0.315 e. The number of nitrogens with one attached hydrogen (secondary N) is 4. The maximum Gasteiger partial charge on any atom is 0.315 e. The van der Waals surface area contributed by atoms with E-state index in [-0.39, 0.29) is 29.9 Å². The van der Waals surface area contributed by atoms with Gasteiger partial charge in [-0.2, -0.15) is 0 Å². The first-order valence-corrected chi connectivity index (χ1v) is 11.8. The minimum absolute atomic E-state index is 0.0734. The number of hydrogen-bond donors (Lipinski definition) is 4. The van der Waals surface area contributed by atoms with E-state index in [4.69, 9.17) is 0 Å².